The van der Waals surface area contributed by atoms with Crippen LogP contribution in [0.4, 0.5) is 0 Å². The van der Waals surface area contributed by atoms with E-state index in [-0.39, 0.29) is 23.5 Å². The van der Waals surface area contributed by atoms with Crippen molar-refractivity contribution in [3.63, 3.8) is 0 Å². The number of ketones is 1. The summed E-state index contributed by atoms with van der Waals surface area (Å²) >= 11 is 0. The second-order valence-electron chi connectivity index (χ2n) is 5.68. The minimum atomic E-state index is -0.965. The Kier molecular flexibility index (Phi) is 3.78. The van der Waals surface area contributed by atoms with Gasteiger partial charge in [0.2, 0.25) is 0 Å². The summed E-state index contributed by atoms with van der Waals surface area (Å²) in [7, 11) is 0. The molecule has 1 aliphatic carbocycles. The smallest absolute Gasteiger partial charge is 0.254 e. The molecule has 19 heavy (non-hydrogen) atoms. The lowest BCUT2D eigenvalue weighted by Crippen LogP contribution is -2.45. The lowest BCUT2D eigenvalue weighted by Gasteiger charge is -2.25. The first-order valence-corrected chi connectivity index (χ1v) is 6.69. The van der Waals surface area contributed by atoms with Gasteiger partial charge >= 0.3 is 0 Å². The van der Waals surface area contributed by atoms with Gasteiger partial charge in [0, 0.05) is 5.92 Å². The molecule has 0 radical (unpaired) electrons. The zero-order chi connectivity index (χ0) is 14.2. The quantitative estimate of drug-likeness (QED) is 0.684. The van der Waals surface area contributed by atoms with E-state index in [0.717, 1.165) is 12.8 Å². The molecule has 0 aromatic rings. The molecule has 6 nitrogen and oxygen atoms in total. The van der Waals surface area contributed by atoms with Crippen LogP contribution in [0.5, 0.6) is 0 Å². The van der Waals surface area contributed by atoms with E-state index >= 15 is 0 Å². The fraction of sp³-hybridized carbons (Fsp3) is 0.769. The molecule has 1 amide bonds. The zero-order valence-corrected chi connectivity index (χ0v) is 11.4. The monoisotopic (exact) mass is 265 g/mol. The molecular formula is C13H19N3O3. The van der Waals surface area contributed by atoms with Crippen molar-refractivity contribution >= 4 is 18.0 Å². The second kappa shape index (κ2) is 5.19. The summed E-state index contributed by atoms with van der Waals surface area (Å²) in [5.41, 5.74) is 0. The molecule has 0 spiro atoms. The predicted octanol–water partition coefficient (Wildman–Crippen LogP) is 1.59. The van der Waals surface area contributed by atoms with Crippen LogP contribution < -0.4 is 0 Å². The fourth-order valence-electron chi connectivity index (χ4n) is 2.34. The molecule has 104 valence electrons. The Balaban J connectivity index is 2.10. The molecule has 0 bridgehead atoms. The number of carbonyl (C=O) groups is 2. The molecular weight excluding hydrogens is 246 g/mol. The molecule has 6 heteroatoms. The third-order valence-electron chi connectivity index (χ3n) is 3.76. The number of amides is 1. The molecule has 1 heterocycles. The number of nitroso groups, excluding NO2 is 1. The first kappa shape index (κ1) is 13.8. The molecule has 0 saturated heterocycles. The van der Waals surface area contributed by atoms with Crippen LogP contribution in [0.3, 0.4) is 0 Å². The van der Waals surface area contributed by atoms with E-state index in [9.17, 15) is 14.5 Å². The van der Waals surface area contributed by atoms with Crippen molar-refractivity contribution in [2.24, 2.45) is 27.9 Å². The van der Waals surface area contributed by atoms with E-state index in [4.69, 9.17) is 0 Å². The van der Waals surface area contributed by atoms with Crippen molar-refractivity contribution in [2.75, 3.05) is 0 Å². The van der Waals surface area contributed by atoms with Gasteiger partial charge in [0.15, 0.2) is 6.17 Å². The van der Waals surface area contributed by atoms with E-state index in [1.807, 2.05) is 13.8 Å². The molecule has 1 fully saturated rings. The predicted molar refractivity (Wildman–Crippen MR) is 70.4 cm³/mol. The number of aliphatic imine (C=N–C) groups is 1. The third-order valence-corrected chi connectivity index (χ3v) is 3.76. The van der Waals surface area contributed by atoms with E-state index < -0.39 is 18.1 Å². The Morgan fingerprint density at radius 1 is 1.42 bits per heavy atom. The molecule has 2 rings (SSSR count). The van der Waals surface area contributed by atoms with Gasteiger partial charge in [-0.15, -0.1) is 4.91 Å². The van der Waals surface area contributed by atoms with Crippen LogP contribution in [0, 0.1) is 22.7 Å². The van der Waals surface area contributed by atoms with Gasteiger partial charge in [0.05, 0.1) is 12.3 Å². The Labute approximate surface area is 112 Å². The number of rotatable bonds is 6. The van der Waals surface area contributed by atoms with Gasteiger partial charge in [-0.1, -0.05) is 20.8 Å². The largest absolute Gasteiger partial charge is 0.299 e. The Morgan fingerprint density at radius 2 is 2.05 bits per heavy atom. The highest BCUT2D eigenvalue weighted by Gasteiger charge is 2.43. The average molecular weight is 265 g/mol. The van der Waals surface area contributed by atoms with Crippen LogP contribution >= 0.6 is 0 Å². The maximum atomic E-state index is 12.2. The number of nitrogens with zero attached hydrogens (tertiary/aromatic N) is 3. The van der Waals surface area contributed by atoms with Gasteiger partial charge in [0.25, 0.3) is 5.91 Å². The molecule has 2 aliphatic rings. The summed E-state index contributed by atoms with van der Waals surface area (Å²) in [4.78, 5) is 40.5. The normalized spacial score (nSPS) is 25.8. The van der Waals surface area contributed by atoms with Crippen LogP contribution in [0.25, 0.3) is 0 Å². The maximum absolute atomic E-state index is 12.2. The SMILES string of the molecule is CC(C)C1N=CN(C(N=O)C(C)C(=O)C2CC2)C1=O. The molecule has 0 N–H and O–H groups in total. The Hall–Kier alpha value is -1.59. The van der Waals surface area contributed by atoms with E-state index in [1.54, 1.807) is 6.92 Å². The number of hydrogen-bond acceptors (Lipinski definition) is 5. The first-order chi connectivity index (χ1) is 8.97. The second-order valence-corrected chi connectivity index (χ2v) is 5.68. The van der Waals surface area contributed by atoms with E-state index in [1.165, 1.54) is 11.2 Å². The molecule has 3 atom stereocenters. The molecule has 1 saturated carbocycles. The maximum Gasteiger partial charge on any atom is 0.254 e. The summed E-state index contributed by atoms with van der Waals surface area (Å²) in [6, 6.07) is -0.465. The van der Waals surface area contributed by atoms with Crippen molar-refractivity contribution in [3.8, 4) is 0 Å². The van der Waals surface area contributed by atoms with Gasteiger partial charge in [-0.05, 0) is 23.9 Å². The zero-order valence-electron chi connectivity index (χ0n) is 11.4. The molecule has 0 aromatic heterocycles. The van der Waals surface area contributed by atoms with Gasteiger partial charge in [-0.25, -0.2) is 0 Å². The van der Waals surface area contributed by atoms with Crippen molar-refractivity contribution in [3.05, 3.63) is 4.91 Å². The fourth-order valence-corrected chi connectivity index (χ4v) is 2.34. The highest BCUT2D eigenvalue weighted by Crippen LogP contribution is 2.34. The van der Waals surface area contributed by atoms with Gasteiger partial charge in [-0.3, -0.25) is 19.5 Å². The highest BCUT2D eigenvalue weighted by atomic mass is 16.3. The van der Waals surface area contributed by atoms with Crippen molar-refractivity contribution in [1.29, 1.82) is 0 Å². The number of carbonyl (C=O) groups excluding carboxylic acids is 2. The summed E-state index contributed by atoms with van der Waals surface area (Å²) in [6.07, 6.45) is 2.15. The standard InChI is InChI=1S/C13H19N3O3/c1-7(2)10-13(18)16(6-14-10)12(15-19)8(3)11(17)9-4-5-9/h6-10,12H,4-5H2,1-3H3. The molecule has 3 unspecified atom stereocenters. The lowest BCUT2D eigenvalue weighted by atomic mass is 9.98. The minimum absolute atomic E-state index is 0.0267. The van der Waals surface area contributed by atoms with Crippen molar-refractivity contribution in [1.82, 2.24) is 4.90 Å². The average Bonchev–Trinajstić information content (AvgIpc) is 3.14. The van der Waals surface area contributed by atoms with E-state index in [0.29, 0.717) is 0 Å². The third kappa shape index (κ3) is 2.57. The van der Waals surface area contributed by atoms with Crippen LogP contribution in [0.15, 0.2) is 10.2 Å². The van der Waals surface area contributed by atoms with Crippen molar-refractivity contribution < 1.29 is 9.59 Å². The summed E-state index contributed by atoms with van der Waals surface area (Å²) in [5, 5.41) is 2.99. The number of hydrogen-bond donors (Lipinski definition) is 0. The summed E-state index contributed by atoms with van der Waals surface area (Å²) < 4.78 is 0. The van der Waals surface area contributed by atoms with Crippen molar-refractivity contribution in [2.45, 2.75) is 45.8 Å². The van der Waals surface area contributed by atoms with Crippen LogP contribution in [0.1, 0.15) is 33.6 Å². The summed E-state index contributed by atoms with van der Waals surface area (Å²) in [5.74, 6) is -0.662. The van der Waals surface area contributed by atoms with Gasteiger partial charge in [0.1, 0.15) is 11.8 Å². The molecule has 1 aliphatic heterocycles. The molecule has 0 aromatic carbocycles. The van der Waals surface area contributed by atoms with Crippen LogP contribution in [0.2, 0.25) is 0 Å². The topological polar surface area (TPSA) is 79.2 Å². The van der Waals surface area contributed by atoms with Gasteiger partial charge in [-0.2, -0.15) is 0 Å². The lowest BCUT2D eigenvalue weighted by molar-refractivity contribution is -0.132. The van der Waals surface area contributed by atoms with E-state index in [2.05, 4.69) is 10.2 Å². The highest BCUT2D eigenvalue weighted by molar-refractivity contribution is 5.98. The summed E-state index contributed by atoms with van der Waals surface area (Å²) in [6.45, 7) is 5.45. The van der Waals surface area contributed by atoms with Crippen LogP contribution in [-0.2, 0) is 9.59 Å². The minimum Gasteiger partial charge on any atom is -0.299 e. The van der Waals surface area contributed by atoms with Gasteiger partial charge < -0.3 is 0 Å². The first-order valence-electron chi connectivity index (χ1n) is 6.69. The van der Waals surface area contributed by atoms with Crippen LogP contribution in [-0.4, -0.2) is 35.1 Å². The Morgan fingerprint density at radius 3 is 2.47 bits per heavy atom. The number of Topliss-reactive ketones (excluding diaryl/α,β-unsaturated/α-hetero) is 1. The Bertz CT molecular complexity index is 429.